The summed E-state index contributed by atoms with van der Waals surface area (Å²) >= 11 is 0. The Morgan fingerprint density at radius 1 is 1.33 bits per heavy atom. The number of hydrogen-bond acceptors (Lipinski definition) is 3. The summed E-state index contributed by atoms with van der Waals surface area (Å²) in [7, 11) is 2.02. The van der Waals surface area contributed by atoms with E-state index in [0.29, 0.717) is 17.8 Å². The summed E-state index contributed by atoms with van der Waals surface area (Å²) < 4.78 is 13.6. The molecule has 100 valence electrons. The van der Waals surface area contributed by atoms with Crippen molar-refractivity contribution in [3.8, 4) is 0 Å². The van der Waals surface area contributed by atoms with Gasteiger partial charge < -0.3 is 15.5 Å². The summed E-state index contributed by atoms with van der Waals surface area (Å²) in [6.45, 7) is 5.00. The van der Waals surface area contributed by atoms with Crippen molar-refractivity contribution in [2.24, 2.45) is 0 Å². The number of benzene rings is 1. The molecule has 3 nitrogen and oxygen atoms in total. The van der Waals surface area contributed by atoms with Crippen LogP contribution in [0.1, 0.15) is 18.4 Å². The maximum Gasteiger partial charge on any atom is 0.129 e. The molecule has 0 radical (unpaired) electrons. The molecule has 1 aliphatic heterocycles. The van der Waals surface area contributed by atoms with Gasteiger partial charge in [-0.2, -0.15) is 0 Å². The quantitative estimate of drug-likeness (QED) is 0.812. The first-order chi connectivity index (χ1) is 8.66. The van der Waals surface area contributed by atoms with E-state index in [9.17, 15) is 4.39 Å². The van der Waals surface area contributed by atoms with Crippen LogP contribution in [0.25, 0.3) is 0 Å². The second kappa shape index (κ2) is 6.16. The van der Waals surface area contributed by atoms with Gasteiger partial charge in [-0.1, -0.05) is 6.07 Å². The second-order valence-corrected chi connectivity index (χ2v) is 5.09. The highest BCUT2D eigenvalue weighted by Crippen LogP contribution is 2.17. The van der Waals surface area contributed by atoms with E-state index in [2.05, 4.69) is 9.80 Å². The smallest absolute Gasteiger partial charge is 0.129 e. The van der Waals surface area contributed by atoms with Crippen molar-refractivity contribution in [3.05, 3.63) is 29.6 Å². The number of likely N-dealkylation sites (tertiary alicyclic amines) is 1. The molecule has 0 bridgehead atoms. The molecule has 1 saturated heterocycles. The van der Waals surface area contributed by atoms with Crippen molar-refractivity contribution in [2.75, 3.05) is 39.0 Å². The maximum absolute atomic E-state index is 13.6. The molecule has 18 heavy (non-hydrogen) atoms. The number of anilines is 1. The van der Waals surface area contributed by atoms with E-state index in [0.717, 1.165) is 13.1 Å². The highest BCUT2D eigenvalue weighted by Gasteiger charge is 2.13. The fourth-order valence-electron chi connectivity index (χ4n) is 2.41. The Kier molecular flexibility index (Phi) is 4.55. The Bertz CT molecular complexity index is 368. The number of halogens is 1. The van der Waals surface area contributed by atoms with Crippen LogP contribution in [0.2, 0.25) is 0 Å². The van der Waals surface area contributed by atoms with Gasteiger partial charge in [0, 0.05) is 30.9 Å². The predicted molar refractivity (Wildman–Crippen MR) is 72.8 cm³/mol. The lowest BCUT2D eigenvalue weighted by Gasteiger charge is -2.22. The van der Waals surface area contributed by atoms with Gasteiger partial charge in [-0.05, 0) is 45.1 Å². The van der Waals surface area contributed by atoms with E-state index in [1.807, 2.05) is 7.05 Å². The molecule has 4 heteroatoms. The molecule has 0 amide bonds. The minimum atomic E-state index is -0.206. The van der Waals surface area contributed by atoms with Crippen LogP contribution in [-0.2, 0) is 6.54 Å². The molecule has 2 rings (SSSR count). The number of nitrogens with two attached hydrogens (primary N) is 1. The van der Waals surface area contributed by atoms with Gasteiger partial charge in [0.2, 0.25) is 0 Å². The zero-order valence-electron chi connectivity index (χ0n) is 11.0. The lowest BCUT2D eigenvalue weighted by atomic mass is 10.1. The largest absolute Gasteiger partial charge is 0.398 e. The van der Waals surface area contributed by atoms with Crippen LogP contribution >= 0.6 is 0 Å². The lowest BCUT2D eigenvalue weighted by Crippen LogP contribution is -2.31. The number of nitrogen functional groups attached to an aromatic ring is 1. The minimum absolute atomic E-state index is 0.206. The summed E-state index contributed by atoms with van der Waals surface area (Å²) in [5.41, 5.74) is 6.97. The SMILES string of the molecule is CN(CCN1CCCC1)Cc1c(N)cccc1F. The van der Waals surface area contributed by atoms with Crippen LogP contribution in [0, 0.1) is 5.82 Å². The summed E-state index contributed by atoms with van der Waals surface area (Å²) in [5, 5.41) is 0. The van der Waals surface area contributed by atoms with Crippen LogP contribution in [-0.4, -0.2) is 43.0 Å². The van der Waals surface area contributed by atoms with Crippen molar-refractivity contribution >= 4 is 5.69 Å². The fourth-order valence-corrected chi connectivity index (χ4v) is 2.41. The van der Waals surface area contributed by atoms with Gasteiger partial charge in [0.1, 0.15) is 5.82 Å². The Balaban J connectivity index is 1.84. The molecule has 1 fully saturated rings. The highest BCUT2D eigenvalue weighted by atomic mass is 19.1. The van der Waals surface area contributed by atoms with Crippen LogP contribution in [0.15, 0.2) is 18.2 Å². The lowest BCUT2D eigenvalue weighted by molar-refractivity contribution is 0.250. The zero-order valence-corrected chi connectivity index (χ0v) is 11.0. The van der Waals surface area contributed by atoms with Crippen LogP contribution in [0.3, 0.4) is 0 Å². The van der Waals surface area contributed by atoms with Crippen molar-refractivity contribution < 1.29 is 4.39 Å². The number of hydrogen-bond donors (Lipinski definition) is 1. The van der Waals surface area contributed by atoms with E-state index in [1.54, 1.807) is 12.1 Å². The number of nitrogens with zero attached hydrogens (tertiary/aromatic N) is 2. The van der Waals surface area contributed by atoms with Crippen LogP contribution in [0.4, 0.5) is 10.1 Å². The van der Waals surface area contributed by atoms with Gasteiger partial charge in [0.15, 0.2) is 0 Å². The summed E-state index contributed by atoms with van der Waals surface area (Å²) in [4.78, 5) is 4.59. The molecule has 0 unspecified atom stereocenters. The van der Waals surface area contributed by atoms with Gasteiger partial charge in [0.05, 0.1) is 0 Å². The molecular weight excluding hydrogens is 229 g/mol. The molecule has 0 spiro atoms. The Morgan fingerprint density at radius 2 is 2.06 bits per heavy atom. The van der Waals surface area contributed by atoms with Crippen molar-refractivity contribution in [2.45, 2.75) is 19.4 Å². The monoisotopic (exact) mass is 251 g/mol. The summed E-state index contributed by atoms with van der Waals surface area (Å²) in [5.74, 6) is -0.206. The Morgan fingerprint density at radius 3 is 2.72 bits per heavy atom. The van der Waals surface area contributed by atoms with Crippen molar-refractivity contribution in [1.82, 2.24) is 9.80 Å². The normalized spacial score (nSPS) is 16.6. The molecular formula is C14H22FN3. The van der Waals surface area contributed by atoms with E-state index >= 15 is 0 Å². The van der Waals surface area contributed by atoms with Crippen LogP contribution < -0.4 is 5.73 Å². The molecule has 2 N–H and O–H groups in total. The second-order valence-electron chi connectivity index (χ2n) is 5.09. The average molecular weight is 251 g/mol. The molecule has 0 aromatic heterocycles. The van der Waals surface area contributed by atoms with Gasteiger partial charge in [0.25, 0.3) is 0 Å². The van der Waals surface area contributed by atoms with Crippen molar-refractivity contribution in [1.29, 1.82) is 0 Å². The van der Waals surface area contributed by atoms with Gasteiger partial charge in [-0.25, -0.2) is 4.39 Å². The minimum Gasteiger partial charge on any atom is -0.398 e. The molecule has 1 aromatic rings. The third-order valence-electron chi connectivity index (χ3n) is 3.58. The number of rotatable bonds is 5. The van der Waals surface area contributed by atoms with E-state index in [-0.39, 0.29) is 5.82 Å². The summed E-state index contributed by atoms with van der Waals surface area (Å²) in [6, 6.07) is 4.88. The first kappa shape index (κ1) is 13.3. The standard InChI is InChI=1S/C14H22FN3/c1-17(9-10-18-7-2-3-8-18)11-12-13(15)5-4-6-14(12)16/h4-6H,2-3,7-11,16H2,1H3. The zero-order chi connectivity index (χ0) is 13.0. The van der Waals surface area contributed by atoms with Crippen LogP contribution in [0.5, 0.6) is 0 Å². The summed E-state index contributed by atoms with van der Waals surface area (Å²) in [6.07, 6.45) is 2.62. The maximum atomic E-state index is 13.6. The third kappa shape index (κ3) is 3.43. The first-order valence-corrected chi connectivity index (χ1v) is 6.60. The van der Waals surface area contributed by atoms with Gasteiger partial charge >= 0.3 is 0 Å². The highest BCUT2D eigenvalue weighted by molar-refractivity contribution is 5.47. The molecule has 1 aliphatic rings. The first-order valence-electron chi connectivity index (χ1n) is 6.60. The predicted octanol–water partition coefficient (Wildman–Crippen LogP) is 1.94. The van der Waals surface area contributed by atoms with Gasteiger partial charge in [-0.15, -0.1) is 0 Å². The molecule has 1 heterocycles. The number of likely N-dealkylation sites (N-methyl/N-ethyl adjacent to an activating group) is 1. The third-order valence-corrected chi connectivity index (χ3v) is 3.58. The average Bonchev–Trinajstić information content (AvgIpc) is 2.84. The van der Waals surface area contributed by atoms with Gasteiger partial charge in [-0.3, -0.25) is 0 Å². The Labute approximate surface area is 108 Å². The van der Waals surface area contributed by atoms with Crippen molar-refractivity contribution in [3.63, 3.8) is 0 Å². The molecule has 0 saturated carbocycles. The van der Waals surface area contributed by atoms with E-state index < -0.39 is 0 Å². The fraction of sp³-hybridized carbons (Fsp3) is 0.571. The van der Waals surface area contributed by atoms with E-state index in [1.165, 1.54) is 32.0 Å². The molecule has 0 atom stereocenters. The van der Waals surface area contributed by atoms with E-state index in [4.69, 9.17) is 5.73 Å². The topological polar surface area (TPSA) is 32.5 Å². The molecule has 0 aliphatic carbocycles. The molecule has 1 aromatic carbocycles. The Hall–Kier alpha value is -1.13.